The molecule has 160 valence electrons. The highest BCUT2D eigenvalue weighted by molar-refractivity contribution is 5.77. The van der Waals surface area contributed by atoms with Crippen LogP contribution in [0.25, 0.3) is 0 Å². The van der Waals surface area contributed by atoms with Crippen molar-refractivity contribution in [2.45, 2.75) is 77.4 Å². The zero-order valence-corrected chi connectivity index (χ0v) is 18.6. The van der Waals surface area contributed by atoms with E-state index < -0.39 is 0 Å². The summed E-state index contributed by atoms with van der Waals surface area (Å²) in [4.78, 5) is 14.4. The van der Waals surface area contributed by atoms with Crippen molar-refractivity contribution in [3.63, 3.8) is 0 Å². The summed E-state index contributed by atoms with van der Waals surface area (Å²) >= 11 is 0. The second-order valence-electron chi connectivity index (χ2n) is 10.8. The monoisotopic (exact) mass is 406 g/mol. The summed E-state index contributed by atoms with van der Waals surface area (Å²) in [6.45, 7) is 4.93. The number of carbonyl (C=O) groups excluding carboxylic acids is 1. The van der Waals surface area contributed by atoms with Gasteiger partial charge in [-0.3, -0.25) is 4.79 Å². The Morgan fingerprint density at radius 2 is 1.80 bits per heavy atom. The summed E-state index contributed by atoms with van der Waals surface area (Å²) in [6, 6.07) is 10.4. The van der Waals surface area contributed by atoms with Crippen LogP contribution in [0.2, 0.25) is 0 Å². The van der Waals surface area contributed by atoms with E-state index in [4.69, 9.17) is 4.74 Å². The average molecular weight is 407 g/mol. The van der Waals surface area contributed by atoms with Crippen molar-refractivity contribution >= 4 is 5.91 Å². The first-order valence-corrected chi connectivity index (χ1v) is 11.8. The Labute approximate surface area is 180 Å². The first kappa shape index (κ1) is 19.9. The molecule has 5 rings (SSSR count). The first-order chi connectivity index (χ1) is 14.4. The van der Waals surface area contributed by atoms with Crippen molar-refractivity contribution in [3.8, 4) is 11.8 Å². The molecule has 0 N–H and O–H groups in total. The van der Waals surface area contributed by atoms with E-state index in [1.165, 1.54) is 25.7 Å². The van der Waals surface area contributed by atoms with Crippen LogP contribution < -0.4 is 4.74 Å². The van der Waals surface area contributed by atoms with Gasteiger partial charge < -0.3 is 9.64 Å². The molecule has 4 nitrogen and oxygen atoms in total. The second-order valence-corrected chi connectivity index (χ2v) is 10.8. The van der Waals surface area contributed by atoms with Gasteiger partial charge in [0.05, 0.1) is 5.56 Å². The number of hydrogen-bond donors (Lipinski definition) is 0. The van der Waals surface area contributed by atoms with Crippen LogP contribution in [-0.4, -0.2) is 30.0 Å². The zero-order valence-electron chi connectivity index (χ0n) is 18.6. The lowest BCUT2D eigenvalue weighted by Crippen LogP contribution is -2.61. The minimum atomic E-state index is 0.184. The molecule has 0 bridgehead atoms. The lowest BCUT2D eigenvalue weighted by molar-refractivity contribution is -0.159. The summed E-state index contributed by atoms with van der Waals surface area (Å²) in [5, 5.41) is 9.46. The fourth-order valence-electron chi connectivity index (χ4n) is 8.11. The number of hydrogen-bond acceptors (Lipinski definition) is 3. The Hall–Kier alpha value is -2.02. The molecule has 1 saturated heterocycles. The number of nitrogens with zero attached hydrogens (tertiary/aromatic N) is 2. The Morgan fingerprint density at radius 1 is 1.03 bits per heavy atom. The zero-order chi connectivity index (χ0) is 21.1. The van der Waals surface area contributed by atoms with Gasteiger partial charge in [0.25, 0.3) is 0 Å². The van der Waals surface area contributed by atoms with E-state index in [1.54, 1.807) is 0 Å². The smallest absolute Gasteiger partial charge is 0.222 e. The van der Waals surface area contributed by atoms with Crippen LogP contribution in [0.4, 0.5) is 0 Å². The molecule has 0 unspecified atom stereocenters. The van der Waals surface area contributed by atoms with Crippen LogP contribution >= 0.6 is 0 Å². The maximum Gasteiger partial charge on any atom is 0.222 e. The number of piperidine rings is 1. The standard InChI is InChI=1S/C26H34N2O2/c1-25-15-13-24(29)28(3)22(25)10-8-18-19-9-11-23(26(19,2)14-12-20(18)25)30-21-7-5-4-6-17(21)16-27/h4-7,18-20,22-23H,8-15H2,1-3H3/t18-,19-,20-,22+,23-,25+,26-/m0/s1. The number of ether oxygens (including phenoxy) is 1. The fourth-order valence-corrected chi connectivity index (χ4v) is 8.11. The molecule has 4 aliphatic rings. The van der Waals surface area contributed by atoms with E-state index in [0.29, 0.717) is 29.9 Å². The van der Waals surface area contributed by atoms with Gasteiger partial charge in [0.1, 0.15) is 17.9 Å². The van der Waals surface area contributed by atoms with Crippen molar-refractivity contribution in [2.24, 2.45) is 28.6 Å². The minimum Gasteiger partial charge on any atom is -0.488 e. The summed E-state index contributed by atoms with van der Waals surface area (Å²) in [5.41, 5.74) is 1.09. The topological polar surface area (TPSA) is 53.3 Å². The Kier molecular flexibility index (Phi) is 4.65. The van der Waals surface area contributed by atoms with Crippen molar-refractivity contribution in [2.75, 3.05) is 7.05 Å². The van der Waals surface area contributed by atoms with Crippen LogP contribution in [0.5, 0.6) is 5.75 Å². The number of nitriles is 1. The molecule has 4 fully saturated rings. The average Bonchev–Trinajstić information content (AvgIpc) is 3.08. The van der Waals surface area contributed by atoms with Gasteiger partial charge in [-0.15, -0.1) is 0 Å². The summed E-state index contributed by atoms with van der Waals surface area (Å²) < 4.78 is 6.54. The molecule has 0 radical (unpaired) electrons. The molecule has 3 aliphatic carbocycles. The highest BCUT2D eigenvalue weighted by atomic mass is 16.5. The van der Waals surface area contributed by atoms with Crippen LogP contribution in [0.1, 0.15) is 70.8 Å². The molecule has 1 heterocycles. The van der Waals surface area contributed by atoms with E-state index in [-0.39, 0.29) is 16.9 Å². The molecule has 1 aliphatic heterocycles. The number of fused-ring (bicyclic) bond motifs is 5. The first-order valence-electron chi connectivity index (χ1n) is 11.8. The summed E-state index contributed by atoms with van der Waals surface area (Å²) in [5.74, 6) is 3.23. The lowest BCUT2D eigenvalue weighted by atomic mass is 9.47. The Morgan fingerprint density at radius 3 is 2.60 bits per heavy atom. The van der Waals surface area contributed by atoms with Crippen LogP contribution in [-0.2, 0) is 4.79 Å². The highest BCUT2D eigenvalue weighted by Crippen LogP contribution is 2.65. The van der Waals surface area contributed by atoms with Gasteiger partial charge >= 0.3 is 0 Å². The van der Waals surface area contributed by atoms with Crippen LogP contribution in [0.15, 0.2) is 24.3 Å². The second kappa shape index (κ2) is 7.01. The molecular weight excluding hydrogens is 372 g/mol. The van der Waals surface area contributed by atoms with Crippen molar-refractivity contribution in [1.29, 1.82) is 5.26 Å². The molecule has 1 aromatic rings. The van der Waals surface area contributed by atoms with Gasteiger partial charge in [-0.2, -0.15) is 5.26 Å². The van der Waals surface area contributed by atoms with Crippen molar-refractivity contribution in [1.82, 2.24) is 4.90 Å². The van der Waals surface area contributed by atoms with E-state index in [0.717, 1.165) is 36.8 Å². The van der Waals surface area contributed by atoms with Gasteiger partial charge in [-0.05, 0) is 80.2 Å². The normalized spacial score (nSPS) is 42.7. The van der Waals surface area contributed by atoms with Gasteiger partial charge in [0, 0.05) is 24.9 Å². The lowest BCUT2D eigenvalue weighted by Gasteiger charge is -2.61. The summed E-state index contributed by atoms with van der Waals surface area (Å²) in [6.07, 6.45) is 9.10. The third-order valence-electron chi connectivity index (χ3n) is 9.75. The predicted molar refractivity (Wildman–Crippen MR) is 116 cm³/mol. The maximum absolute atomic E-state index is 12.3. The molecule has 1 aromatic carbocycles. The molecule has 0 aromatic heterocycles. The Balaban J connectivity index is 1.39. The number of rotatable bonds is 2. The molecular formula is C26H34N2O2. The number of para-hydroxylation sites is 1. The molecule has 30 heavy (non-hydrogen) atoms. The number of likely N-dealkylation sites (tertiary alicyclic amines) is 1. The van der Waals surface area contributed by atoms with Crippen molar-refractivity contribution < 1.29 is 9.53 Å². The van der Waals surface area contributed by atoms with Gasteiger partial charge in [-0.25, -0.2) is 0 Å². The third-order valence-corrected chi connectivity index (χ3v) is 9.75. The SMILES string of the molecule is CN1C(=O)CC[C@]2(C)[C@H]3CC[C@]4(C)[C@@H](Oc5ccccc5C#N)CC[C@H]4[C@@H]3CC[C@@H]12. The number of amides is 1. The fraction of sp³-hybridized carbons (Fsp3) is 0.692. The number of carbonyl (C=O) groups is 1. The van der Waals surface area contributed by atoms with E-state index in [2.05, 4.69) is 24.8 Å². The predicted octanol–water partition coefficient (Wildman–Crippen LogP) is 5.17. The van der Waals surface area contributed by atoms with Crippen LogP contribution in [0.3, 0.4) is 0 Å². The molecule has 1 amide bonds. The molecule has 7 atom stereocenters. The Bertz CT molecular complexity index is 891. The van der Waals surface area contributed by atoms with Gasteiger partial charge in [-0.1, -0.05) is 26.0 Å². The largest absolute Gasteiger partial charge is 0.488 e. The quantitative estimate of drug-likeness (QED) is 0.681. The van der Waals surface area contributed by atoms with E-state index in [1.807, 2.05) is 31.3 Å². The molecule has 4 heteroatoms. The van der Waals surface area contributed by atoms with Crippen LogP contribution in [0, 0.1) is 39.9 Å². The number of benzene rings is 1. The van der Waals surface area contributed by atoms with Crippen molar-refractivity contribution in [3.05, 3.63) is 29.8 Å². The van der Waals surface area contributed by atoms with Gasteiger partial charge in [0.2, 0.25) is 5.91 Å². The minimum absolute atomic E-state index is 0.184. The van der Waals surface area contributed by atoms with E-state index in [9.17, 15) is 10.1 Å². The maximum atomic E-state index is 12.3. The van der Waals surface area contributed by atoms with E-state index >= 15 is 0 Å². The van der Waals surface area contributed by atoms with Gasteiger partial charge in [0.15, 0.2) is 0 Å². The molecule has 3 saturated carbocycles. The third kappa shape index (κ3) is 2.74. The summed E-state index contributed by atoms with van der Waals surface area (Å²) in [7, 11) is 2.03. The highest BCUT2D eigenvalue weighted by Gasteiger charge is 2.61. The molecule has 0 spiro atoms.